The molecule has 73 heavy (non-hydrogen) atoms. The number of hydrogen-bond acceptors (Lipinski definition) is 11. The first-order valence-electron chi connectivity index (χ1n) is 22.0. The number of H-pyrrole nitrogens is 2. The zero-order valence-corrected chi connectivity index (χ0v) is 42.6. The number of aromatic nitrogens is 2. The molecule has 0 amide bonds. The lowest BCUT2D eigenvalue weighted by atomic mass is 9.95. The highest BCUT2D eigenvalue weighted by atomic mass is 79.9. The first-order chi connectivity index (χ1) is 33.7. The van der Waals surface area contributed by atoms with Crippen LogP contribution in [0.2, 0.25) is 10.0 Å². The van der Waals surface area contributed by atoms with E-state index < -0.39 is 6.04 Å². The maximum absolute atomic E-state index is 14.0. The minimum absolute atomic E-state index is 0. The Hall–Kier alpha value is -6.68. The number of carbonyl (C=O) groups is 2. The fourth-order valence-corrected chi connectivity index (χ4v) is 8.75. The van der Waals surface area contributed by atoms with Crippen molar-refractivity contribution in [2.24, 2.45) is 0 Å². The molecule has 2 unspecified atom stereocenters. The Bertz CT molecular complexity index is 3090. The number of aryl methyl sites for hydroxylation is 3. The summed E-state index contributed by atoms with van der Waals surface area (Å²) >= 11 is 15.7. The first kappa shape index (κ1) is 60.6. The van der Waals surface area contributed by atoms with Gasteiger partial charge >= 0.3 is 0 Å². The van der Waals surface area contributed by atoms with Crippen LogP contribution in [0.1, 0.15) is 81.7 Å². The van der Waals surface area contributed by atoms with Crippen LogP contribution in [-0.4, -0.2) is 79.5 Å². The number of nitrogens with two attached hydrogens (primary N) is 1. The Morgan fingerprint density at radius 3 is 1.62 bits per heavy atom. The largest absolute Gasteiger partial charge is 0.497 e. The molecule has 0 spiro atoms. The van der Waals surface area contributed by atoms with Crippen LogP contribution >= 0.6 is 39.1 Å². The smallest absolute Gasteiger partial charge is 0.191 e. The second kappa shape index (κ2) is 28.5. The van der Waals surface area contributed by atoms with Crippen LogP contribution in [0.3, 0.4) is 0 Å². The third-order valence-corrected chi connectivity index (χ3v) is 12.4. The SMILES string of the molecule is C.C.C.COc1cc(N)cc(OCCO)c1.COc1cc(NC(C(=O)c2c[nH]c3cc(C)ccc23)c2ccc(Cl)cc2OC)cc(OCCO)c1.Cc1ccc2c(C(=O)C(Br)c3ccc(Cl)cc3C)c[nH]c2c1. The molecule has 0 fully saturated rings. The van der Waals surface area contributed by atoms with E-state index in [0.717, 1.165) is 44.1 Å². The molecule has 0 aliphatic rings. The molecule has 2 aromatic heterocycles. The number of anilines is 2. The molecular weight excluding hydrogens is 1040 g/mol. The Morgan fingerprint density at radius 1 is 0.616 bits per heavy atom. The van der Waals surface area contributed by atoms with Gasteiger partial charge in [0.15, 0.2) is 11.6 Å². The Balaban J connectivity index is 0.000000316. The van der Waals surface area contributed by atoms with E-state index in [-0.39, 0.29) is 65.1 Å². The van der Waals surface area contributed by atoms with E-state index in [1.54, 1.807) is 81.2 Å². The number of fused-ring (bicyclic) bond motifs is 2. The second-order valence-electron chi connectivity index (χ2n) is 16.0. The molecule has 0 saturated heterocycles. The highest BCUT2D eigenvalue weighted by molar-refractivity contribution is 9.09. The van der Waals surface area contributed by atoms with Crippen molar-refractivity contribution in [3.63, 3.8) is 0 Å². The second-order valence-corrected chi connectivity index (χ2v) is 17.8. The van der Waals surface area contributed by atoms with Gasteiger partial charge in [-0.15, -0.1) is 0 Å². The lowest BCUT2D eigenvalue weighted by Gasteiger charge is -2.22. The summed E-state index contributed by atoms with van der Waals surface area (Å²) in [7, 11) is 4.65. The molecule has 13 nitrogen and oxygen atoms in total. The minimum Gasteiger partial charge on any atom is -0.497 e. The molecule has 0 saturated carbocycles. The number of aromatic amines is 2. The third kappa shape index (κ3) is 15.7. The third-order valence-electron chi connectivity index (χ3n) is 11.0. The molecule has 2 atom stereocenters. The number of carbonyl (C=O) groups excluding carboxylic acids is 2. The van der Waals surface area contributed by atoms with Gasteiger partial charge < -0.3 is 54.9 Å². The van der Waals surface area contributed by atoms with Gasteiger partial charge in [0.1, 0.15) is 52.8 Å². The van der Waals surface area contributed by atoms with Gasteiger partial charge in [-0.05, 0) is 79.4 Å². The number of aliphatic hydroxyl groups is 2. The zero-order chi connectivity index (χ0) is 50.5. The summed E-state index contributed by atoms with van der Waals surface area (Å²) in [4.78, 5) is 32.8. The van der Waals surface area contributed by atoms with E-state index in [1.165, 1.54) is 7.11 Å². The normalized spacial score (nSPS) is 11.2. The Labute approximate surface area is 447 Å². The summed E-state index contributed by atoms with van der Waals surface area (Å²) in [5.74, 6) is 2.66. The number of hydrogen-bond donors (Lipinski definition) is 6. The standard InChI is InChI=1S/C27H27ClN2O5.C18H15BrClNO.C9H13NO3.3CH4/c1-16-4-6-21-23(15-29-24(21)10-16)27(32)26(22-7-5-17(28)11-25(22)34-3)30-18-12-19(33-2)14-20(13-18)35-9-8-31;1-10-3-5-14-15(9-21-16(14)7-10)18(22)17(19)13-6-4-12(20)8-11(13)2;1-12-8-4-7(10)5-9(6-8)13-3-2-11;;;/h4-7,10-15,26,29-31H,8-9H2,1-3H3;3-9,17,21H,1-2H3;4-6,11H,2-3,10H2,1H3;3*1H4. The molecule has 6 aromatic carbocycles. The number of halogens is 3. The molecule has 390 valence electrons. The van der Waals surface area contributed by atoms with Gasteiger partial charge in [0, 0.05) is 109 Å². The zero-order valence-electron chi connectivity index (χ0n) is 39.5. The van der Waals surface area contributed by atoms with Gasteiger partial charge in [-0.25, -0.2) is 0 Å². The van der Waals surface area contributed by atoms with Gasteiger partial charge in [-0.1, -0.05) is 97.8 Å². The first-order valence-corrected chi connectivity index (χ1v) is 23.7. The maximum Gasteiger partial charge on any atom is 0.191 e. The van der Waals surface area contributed by atoms with Crippen molar-refractivity contribution < 1.29 is 43.5 Å². The Morgan fingerprint density at radius 2 is 1.10 bits per heavy atom. The minimum atomic E-state index is -0.805. The van der Waals surface area contributed by atoms with E-state index in [0.29, 0.717) is 66.9 Å². The quantitative estimate of drug-likeness (QED) is 0.0289. The van der Waals surface area contributed by atoms with E-state index in [1.807, 2.05) is 75.4 Å². The summed E-state index contributed by atoms with van der Waals surface area (Å²) in [6.45, 7) is 6.25. The van der Waals surface area contributed by atoms with Crippen molar-refractivity contribution >= 4 is 83.9 Å². The number of rotatable bonds is 17. The number of alkyl halides is 1. The molecule has 16 heteroatoms. The molecule has 0 aliphatic heterocycles. The lowest BCUT2D eigenvalue weighted by molar-refractivity contribution is 0.0967. The van der Waals surface area contributed by atoms with Crippen molar-refractivity contribution in [2.45, 2.75) is 53.9 Å². The van der Waals surface area contributed by atoms with Crippen molar-refractivity contribution in [3.8, 4) is 28.7 Å². The van der Waals surface area contributed by atoms with Crippen LogP contribution in [-0.2, 0) is 0 Å². The van der Waals surface area contributed by atoms with Gasteiger partial charge in [-0.2, -0.15) is 0 Å². The van der Waals surface area contributed by atoms with Gasteiger partial charge in [0.2, 0.25) is 0 Å². The molecule has 8 rings (SSSR count). The maximum atomic E-state index is 14.0. The summed E-state index contributed by atoms with van der Waals surface area (Å²) in [5.41, 5.74) is 14.7. The molecule has 7 N–H and O–H groups in total. The van der Waals surface area contributed by atoms with Crippen molar-refractivity contribution in [3.05, 3.63) is 171 Å². The molecule has 2 heterocycles. The van der Waals surface area contributed by atoms with Crippen LogP contribution in [0, 0.1) is 20.8 Å². The average molecular weight is 1100 g/mol. The topological polar surface area (TPSA) is 190 Å². The average Bonchev–Trinajstić information content (AvgIpc) is 3.97. The number of aliphatic hydroxyl groups excluding tert-OH is 2. The number of ether oxygens (including phenoxy) is 5. The van der Waals surface area contributed by atoms with E-state index in [9.17, 15) is 9.59 Å². The molecule has 0 bridgehead atoms. The van der Waals surface area contributed by atoms with Crippen molar-refractivity contribution in [2.75, 3.05) is 58.8 Å². The van der Waals surface area contributed by atoms with Crippen LogP contribution in [0.25, 0.3) is 21.8 Å². The van der Waals surface area contributed by atoms with Gasteiger partial charge in [0.25, 0.3) is 0 Å². The summed E-state index contributed by atoms with van der Waals surface area (Å²) in [6, 6.07) is 32.3. The van der Waals surface area contributed by atoms with Gasteiger partial charge in [0.05, 0.1) is 34.5 Å². The number of ketones is 2. The predicted molar refractivity (Wildman–Crippen MR) is 303 cm³/mol. The fraction of sp³-hybridized carbons (Fsp3) is 0.263. The summed E-state index contributed by atoms with van der Waals surface area (Å²) < 4.78 is 26.7. The van der Waals surface area contributed by atoms with E-state index in [2.05, 4.69) is 31.2 Å². The van der Waals surface area contributed by atoms with Crippen LogP contribution in [0.5, 0.6) is 28.7 Å². The van der Waals surface area contributed by atoms with E-state index in [4.69, 9.17) is 62.8 Å². The van der Waals surface area contributed by atoms with E-state index >= 15 is 0 Å². The molecule has 0 aliphatic carbocycles. The molecule has 0 radical (unpaired) electrons. The number of Topliss-reactive ketones (excluding diaryl/α,β-unsaturated/α-hetero) is 2. The highest BCUT2D eigenvalue weighted by Gasteiger charge is 2.28. The predicted octanol–water partition coefficient (Wildman–Crippen LogP) is 13.9. The number of methoxy groups -OCH3 is 3. The van der Waals surface area contributed by atoms with Crippen molar-refractivity contribution in [1.82, 2.24) is 9.97 Å². The number of benzene rings is 6. The van der Waals surface area contributed by atoms with Crippen molar-refractivity contribution in [1.29, 1.82) is 0 Å². The summed E-state index contributed by atoms with van der Waals surface area (Å²) in [6.07, 6.45) is 3.51. The van der Waals surface area contributed by atoms with Gasteiger partial charge in [-0.3, -0.25) is 9.59 Å². The monoisotopic (exact) mass is 1100 g/mol. The molecular formula is C57H67BrCl2N4O9. The summed E-state index contributed by atoms with van der Waals surface area (Å²) in [5, 5.41) is 24.0. The number of nitrogen functional groups attached to an aromatic ring is 1. The Kier molecular flexibility index (Phi) is 23.7. The lowest BCUT2D eigenvalue weighted by Crippen LogP contribution is -2.22. The van der Waals surface area contributed by atoms with Crippen LogP contribution in [0.15, 0.2) is 122 Å². The molecule has 8 aromatic rings. The number of nitrogens with one attached hydrogen (secondary N) is 3. The van der Waals surface area contributed by atoms with Crippen LogP contribution in [0.4, 0.5) is 11.4 Å². The van der Waals surface area contributed by atoms with Crippen LogP contribution < -0.4 is 34.7 Å². The fourth-order valence-electron chi connectivity index (χ4n) is 7.60. The highest BCUT2D eigenvalue weighted by Crippen LogP contribution is 2.37.